The zero-order valence-electron chi connectivity index (χ0n) is 17.9. The van der Waals surface area contributed by atoms with E-state index in [-0.39, 0.29) is 0 Å². The van der Waals surface area contributed by atoms with E-state index >= 15 is 0 Å². The van der Waals surface area contributed by atoms with Gasteiger partial charge in [0.1, 0.15) is 0 Å². The van der Waals surface area contributed by atoms with E-state index in [9.17, 15) is 0 Å². The summed E-state index contributed by atoms with van der Waals surface area (Å²) >= 11 is 0. The van der Waals surface area contributed by atoms with Crippen molar-refractivity contribution in [2.24, 2.45) is 45.8 Å². The summed E-state index contributed by atoms with van der Waals surface area (Å²) in [7, 11) is 0. The largest absolute Gasteiger partial charge is 0.0654 e. The third-order valence-corrected chi connectivity index (χ3v) is 10.4. The molecule has 0 bridgehead atoms. The summed E-state index contributed by atoms with van der Waals surface area (Å²) < 4.78 is 0. The highest BCUT2D eigenvalue weighted by Gasteiger charge is 2.61. The first kappa shape index (κ1) is 18.4. The third-order valence-electron chi connectivity index (χ3n) is 10.4. The summed E-state index contributed by atoms with van der Waals surface area (Å²) in [5, 5.41) is 0. The second kappa shape index (κ2) is 6.27. The molecule has 4 aliphatic rings. The number of hydrogen-bond acceptors (Lipinski definition) is 0. The average molecular weight is 345 g/mol. The van der Waals surface area contributed by atoms with E-state index in [1.165, 1.54) is 32.1 Å². The van der Waals surface area contributed by atoms with Crippen molar-refractivity contribution in [3.8, 4) is 0 Å². The number of hydrogen-bond donors (Lipinski definition) is 0. The minimum atomic E-state index is 0.553. The van der Waals surface area contributed by atoms with Gasteiger partial charge in [0, 0.05) is 0 Å². The van der Waals surface area contributed by atoms with Gasteiger partial charge in [0.2, 0.25) is 0 Å². The standard InChI is InChI=1S/C25H44/c1-6-15-23(2,3)22-13-12-20-19-11-10-18-9-7-8-16-24(18,4)21(19)14-17-25(20,22)5/h18-22H,6-17H2,1-5H3/t18?,19-,20-,21-,22+,24-,25-/m0/s1. The van der Waals surface area contributed by atoms with Crippen LogP contribution < -0.4 is 0 Å². The van der Waals surface area contributed by atoms with Crippen LogP contribution in [0.4, 0.5) is 0 Å². The van der Waals surface area contributed by atoms with Crippen LogP contribution >= 0.6 is 0 Å². The van der Waals surface area contributed by atoms with E-state index in [2.05, 4.69) is 34.6 Å². The predicted molar refractivity (Wildman–Crippen MR) is 109 cm³/mol. The highest BCUT2D eigenvalue weighted by Crippen LogP contribution is 2.69. The molecule has 1 unspecified atom stereocenters. The maximum Gasteiger partial charge on any atom is -0.0261 e. The van der Waals surface area contributed by atoms with Gasteiger partial charge in [-0.3, -0.25) is 0 Å². The van der Waals surface area contributed by atoms with Crippen LogP contribution in [0, 0.1) is 45.8 Å². The smallest absolute Gasteiger partial charge is 0.0261 e. The molecule has 4 fully saturated rings. The topological polar surface area (TPSA) is 0 Å². The molecule has 0 spiro atoms. The monoisotopic (exact) mass is 344 g/mol. The van der Waals surface area contributed by atoms with E-state index in [1.54, 1.807) is 44.9 Å². The molecule has 0 aromatic heterocycles. The molecule has 0 N–H and O–H groups in total. The van der Waals surface area contributed by atoms with Gasteiger partial charge in [0.05, 0.1) is 0 Å². The van der Waals surface area contributed by atoms with E-state index in [1.807, 2.05) is 0 Å². The lowest BCUT2D eigenvalue weighted by Gasteiger charge is -2.61. The Morgan fingerprint density at radius 2 is 1.56 bits per heavy atom. The Bertz CT molecular complexity index is 490. The maximum absolute atomic E-state index is 2.73. The van der Waals surface area contributed by atoms with E-state index in [0.717, 1.165) is 29.6 Å². The first-order chi connectivity index (χ1) is 11.8. The second-order valence-electron chi connectivity index (χ2n) is 11.8. The molecule has 0 aromatic rings. The van der Waals surface area contributed by atoms with Crippen molar-refractivity contribution in [3.05, 3.63) is 0 Å². The Kier molecular flexibility index (Phi) is 4.61. The molecule has 144 valence electrons. The molecule has 0 aliphatic heterocycles. The van der Waals surface area contributed by atoms with Gasteiger partial charge in [-0.15, -0.1) is 0 Å². The van der Waals surface area contributed by atoms with E-state index < -0.39 is 0 Å². The van der Waals surface area contributed by atoms with Crippen LogP contribution in [0.15, 0.2) is 0 Å². The molecule has 0 radical (unpaired) electrons. The van der Waals surface area contributed by atoms with Crippen molar-refractivity contribution in [1.82, 2.24) is 0 Å². The van der Waals surface area contributed by atoms with Gasteiger partial charge < -0.3 is 0 Å². The Labute approximate surface area is 157 Å². The molecular formula is C25H44. The SMILES string of the molecule is CCCC(C)(C)[C@H]1CC[C@H]2[C@@H]3CCC4CCCC[C@]4(C)[C@H]3CC[C@]12C. The molecule has 0 saturated heterocycles. The quantitative estimate of drug-likeness (QED) is 0.488. The summed E-state index contributed by atoms with van der Waals surface area (Å²) in [6, 6.07) is 0. The minimum Gasteiger partial charge on any atom is -0.0654 e. The van der Waals surface area contributed by atoms with Gasteiger partial charge in [0.15, 0.2) is 0 Å². The molecule has 0 aromatic carbocycles. The predicted octanol–water partition coefficient (Wildman–Crippen LogP) is 7.86. The van der Waals surface area contributed by atoms with Crippen LogP contribution in [0.5, 0.6) is 0 Å². The molecule has 4 saturated carbocycles. The Morgan fingerprint density at radius 3 is 2.32 bits per heavy atom. The highest BCUT2D eigenvalue weighted by atomic mass is 14.7. The van der Waals surface area contributed by atoms with Crippen LogP contribution in [0.25, 0.3) is 0 Å². The molecule has 0 heteroatoms. The van der Waals surface area contributed by atoms with Gasteiger partial charge >= 0.3 is 0 Å². The van der Waals surface area contributed by atoms with Gasteiger partial charge in [-0.2, -0.15) is 0 Å². The highest BCUT2D eigenvalue weighted by molar-refractivity contribution is 5.10. The van der Waals surface area contributed by atoms with Crippen LogP contribution in [0.2, 0.25) is 0 Å². The molecule has 4 rings (SSSR count). The molecular weight excluding hydrogens is 300 g/mol. The Balaban J connectivity index is 1.59. The molecule has 4 aliphatic carbocycles. The third kappa shape index (κ3) is 2.67. The fraction of sp³-hybridized carbons (Fsp3) is 1.00. The second-order valence-corrected chi connectivity index (χ2v) is 11.8. The van der Waals surface area contributed by atoms with Crippen molar-refractivity contribution >= 4 is 0 Å². The fourth-order valence-corrected chi connectivity index (χ4v) is 9.40. The van der Waals surface area contributed by atoms with Crippen molar-refractivity contribution in [2.75, 3.05) is 0 Å². The lowest BCUT2D eigenvalue weighted by atomic mass is 9.44. The van der Waals surface area contributed by atoms with E-state index in [0.29, 0.717) is 16.2 Å². The maximum atomic E-state index is 2.73. The zero-order chi connectivity index (χ0) is 17.9. The summed E-state index contributed by atoms with van der Waals surface area (Å²) in [6.07, 6.45) is 18.2. The van der Waals surface area contributed by atoms with Crippen LogP contribution in [0.1, 0.15) is 112 Å². The Morgan fingerprint density at radius 1 is 0.800 bits per heavy atom. The van der Waals surface area contributed by atoms with E-state index in [4.69, 9.17) is 0 Å². The van der Waals surface area contributed by atoms with Gasteiger partial charge in [-0.25, -0.2) is 0 Å². The van der Waals surface area contributed by atoms with Crippen molar-refractivity contribution in [2.45, 2.75) is 112 Å². The van der Waals surface area contributed by atoms with Crippen molar-refractivity contribution in [1.29, 1.82) is 0 Å². The normalized spacial score (nSPS) is 50.0. The summed E-state index contributed by atoms with van der Waals surface area (Å²) in [6.45, 7) is 13.0. The number of rotatable bonds is 3. The van der Waals surface area contributed by atoms with Gasteiger partial charge in [-0.1, -0.05) is 53.9 Å². The summed E-state index contributed by atoms with van der Waals surface area (Å²) in [5.74, 6) is 5.23. The summed E-state index contributed by atoms with van der Waals surface area (Å²) in [5.41, 5.74) is 1.91. The Hall–Kier alpha value is 0. The number of fused-ring (bicyclic) bond motifs is 5. The van der Waals surface area contributed by atoms with Crippen LogP contribution in [-0.4, -0.2) is 0 Å². The van der Waals surface area contributed by atoms with Crippen molar-refractivity contribution in [3.63, 3.8) is 0 Å². The molecule has 0 nitrogen and oxygen atoms in total. The zero-order valence-corrected chi connectivity index (χ0v) is 17.9. The van der Waals surface area contributed by atoms with Gasteiger partial charge in [0.25, 0.3) is 0 Å². The summed E-state index contributed by atoms with van der Waals surface area (Å²) in [4.78, 5) is 0. The minimum absolute atomic E-state index is 0.553. The molecule has 25 heavy (non-hydrogen) atoms. The molecule has 0 amide bonds. The first-order valence-corrected chi connectivity index (χ1v) is 11.8. The molecule has 7 atom stereocenters. The van der Waals surface area contributed by atoms with Crippen molar-refractivity contribution < 1.29 is 0 Å². The van der Waals surface area contributed by atoms with Crippen LogP contribution in [-0.2, 0) is 0 Å². The first-order valence-electron chi connectivity index (χ1n) is 11.8. The lowest BCUT2D eigenvalue weighted by Crippen LogP contribution is -2.53. The molecule has 0 heterocycles. The lowest BCUT2D eigenvalue weighted by molar-refractivity contribution is -0.120. The fourth-order valence-electron chi connectivity index (χ4n) is 9.40. The van der Waals surface area contributed by atoms with Gasteiger partial charge in [-0.05, 0) is 104 Å². The average Bonchev–Trinajstić information content (AvgIpc) is 2.92. The van der Waals surface area contributed by atoms with Crippen LogP contribution in [0.3, 0.4) is 0 Å².